The molecule has 0 aromatic carbocycles. The topological polar surface area (TPSA) is 92.4 Å². The second kappa shape index (κ2) is 8.36. The van der Waals surface area contributed by atoms with Gasteiger partial charge in [-0.3, -0.25) is 4.79 Å². The predicted octanol–water partition coefficient (Wildman–Crippen LogP) is 0.682. The summed E-state index contributed by atoms with van der Waals surface area (Å²) in [4.78, 5) is 22.7. The van der Waals surface area contributed by atoms with Crippen molar-refractivity contribution in [2.24, 2.45) is 11.7 Å². The third-order valence-corrected chi connectivity index (χ3v) is 3.43. The molecule has 0 aliphatic heterocycles. The molecule has 0 rings (SSSR count). The van der Waals surface area contributed by atoms with Gasteiger partial charge in [0.05, 0.1) is 6.04 Å². The Morgan fingerprint density at radius 3 is 2.47 bits per heavy atom. The van der Waals surface area contributed by atoms with Crippen LogP contribution in [0.15, 0.2) is 0 Å². The number of rotatable bonds is 8. The number of carbonyl (C=O) groups is 2. The van der Waals surface area contributed by atoms with E-state index in [9.17, 15) is 9.59 Å². The summed E-state index contributed by atoms with van der Waals surface area (Å²) in [5.41, 5.74) is 5.74. The molecule has 0 aliphatic rings. The van der Waals surface area contributed by atoms with E-state index in [0.29, 0.717) is 12.2 Å². The molecule has 17 heavy (non-hydrogen) atoms. The third kappa shape index (κ3) is 5.93. The lowest BCUT2D eigenvalue weighted by atomic mass is 9.99. The van der Waals surface area contributed by atoms with Gasteiger partial charge in [0.15, 0.2) is 0 Å². The highest BCUT2D eigenvalue weighted by atomic mass is 32.2. The molecule has 4 N–H and O–H groups in total. The fraction of sp³-hybridized carbons (Fsp3) is 0.818. The number of hydrogen-bond donors (Lipinski definition) is 3. The molecule has 0 aliphatic carbocycles. The van der Waals surface area contributed by atoms with Crippen LogP contribution in [-0.4, -0.2) is 41.1 Å². The van der Waals surface area contributed by atoms with Crippen LogP contribution in [0, 0.1) is 5.92 Å². The Labute approximate surface area is 107 Å². The lowest BCUT2D eigenvalue weighted by Gasteiger charge is -2.21. The Bertz CT molecular complexity index is 261. The van der Waals surface area contributed by atoms with Gasteiger partial charge in [-0.25, -0.2) is 4.79 Å². The zero-order valence-electron chi connectivity index (χ0n) is 10.6. The van der Waals surface area contributed by atoms with Crippen LogP contribution in [0.1, 0.15) is 26.7 Å². The first kappa shape index (κ1) is 16.2. The van der Waals surface area contributed by atoms with Crippen molar-refractivity contribution in [3.8, 4) is 0 Å². The fourth-order valence-electron chi connectivity index (χ4n) is 1.27. The molecule has 0 spiro atoms. The number of carboxylic acid groups (broad SMARTS) is 1. The minimum atomic E-state index is -1.01. The second-order valence-corrected chi connectivity index (χ2v) is 5.08. The molecule has 0 radical (unpaired) electrons. The van der Waals surface area contributed by atoms with Crippen LogP contribution in [0.4, 0.5) is 0 Å². The van der Waals surface area contributed by atoms with Crippen molar-refractivity contribution in [1.29, 1.82) is 0 Å². The van der Waals surface area contributed by atoms with E-state index >= 15 is 0 Å². The summed E-state index contributed by atoms with van der Waals surface area (Å²) >= 11 is 1.55. The van der Waals surface area contributed by atoms with Gasteiger partial charge in [0.25, 0.3) is 0 Å². The zero-order valence-corrected chi connectivity index (χ0v) is 11.4. The number of nitrogens with one attached hydrogen (secondary N) is 1. The van der Waals surface area contributed by atoms with Crippen molar-refractivity contribution in [3.05, 3.63) is 0 Å². The minimum absolute atomic E-state index is 0.0463. The van der Waals surface area contributed by atoms with Crippen molar-refractivity contribution in [2.45, 2.75) is 38.8 Å². The molecule has 0 heterocycles. The summed E-state index contributed by atoms with van der Waals surface area (Å²) in [5.74, 6) is -0.655. The number of nitrogens with two attached hydrogens (primary N) is 1. The van der Waals surface area contributed by atoms with Gasteiger partial charge in [-0.1, -0.05) is 20.3 Å². The molecule has 0 saturated carbocycles. The van der Waals surface area contributed by atoms with Crippen molar-refractivity contribution in [1.82, 2.24) is 5.32 Å². The van der Waals surface area contributed by atoms with Gasteiger partial charge in [-0.05, 0) is 24.3 Å². The quantitative estimate of drug-likeness (QED) is 0.598. The van der Waals surface area contributed by atoms with E-state index in [-0.39, 0.29) is 11.8 Å². The van der Waals surface area contributed by atoms with Gasteiger partial charge in [0.2, 0.25) is 5.91 Å². The maximum Gasteiger partial charge on any atom is 0.326 e. The molecule has 0 bridgehead atoms. The summed E-state index contributed by atoms with van der Waals surface area (Å²) in [6, 6.07) is -1.49. The molecule has 6 heteroatoms. The van der Waals surface area contributed by atoms with E-state index in [1.165, 1.54) is 0 Å². The van der Waals surface area contributed by atoms with Gasteiger partial charge in [-0.15, -0.1) is 0 Å². The monoisotopic (exact) mass is 262 g/mol. The molecule has 0 aromatic rings. The summed E-state index contributed by atoms with van der Waals surface area (Å²) in [5, 5.41) is 11.5. The molecule has 0 saturated heterocycles. The molecule has 0 aromatic heterocycles. The van der Waals surface area contributed by atoms with Crippen LogP contribution >= 0.6 is 11.8 Å². The number of amides is 1. The van der Waals surface area contributed by atoms with Gasteiger partial charge >= 0.3 is 5.97 Å². The highest BCUT2D eigenvalue weighted by molar-refractivity contribution is 7.98. The first-order valence-corrected chi connectivity index (χ1v) is 7.11. The van der Waals surface area contributed by atoms with E-state index in [1.54, 1.807) is 11.8 Å². The Hall–Kier alpha value is -0.750. The Morgan fingerprint density at radius 1 is 1.47 bits per heavy atom. The number of thioether (sulfide) groups is 1. The summed E-state index contributed by atoms with van der Waals surface area (Å²) in [7, 11) is 0. The van der Waals surface area contributed by atoms with Crippen molar-refractivity contribution in [2.75, 3.05) is 12.0 Å². The molecular weight excluding hydrogens is 240 g/mol. The van der Waals surface area contributed by atoms with E-state index in [1.807, 2.05) is 20.1 Å². The average molecular weight is 262 g/mol. The largest absolute Gasteiger partial charge is 0.480 e. The van der Waals surface area contributed by atoms with Crippen LogP contribution in [-0.2, 0) is 9.59 Å². The van der Waals surface area contributed by atoms with E-state index in [2.05, 4.69) is 5.32 Å². The van der Waals surface area contributed by atoms with E-state index in [4.69, 9.17) is 10.8 Å². The first-order chi connectivity index (χ1) is 7.93. The van der Waals surface area contributed by atoms with Crippen molar-refractivity contribution in [3.63, 3.8) is 0 Å². The number of aliphatic carboxylic acids is 1. The maximum atomic E-state index is 11.7. The zero-order chi connectivity index (χ0) is 13.4. The van der Waals surface area contributed by atoms with Gasteiger partial charge < -0.3 is 16.2 Å². The molecule has 1 amide bonds. The van der Waals surface area contributed by atoms with E-state index < -0.39 is 18.1 Å². The summed E-state index contributed by atoms with van der Waals surface area (Å²) in [6.07, 6.45) is 3.10. The van der Waals surface area contributed by atoms with Gasteiger partial charge in [0, 0.05) is 0 Å². The van der Waals surface area contributed by atoms with Crippen molar-refractivity contribution < 1.29 is 14.7 Å². The highest BCUT2D eigenvalue weighted by Crippen LogP contribution is 2.07. The standard InChI is InChI=1S/C11H22N2O3S/c1-4-7(2)9(12)10(14)13-8(11(15)16)5-6-17-3/h7-9H,4-6,12H2,1-3H3,(H,13,14)(H,15,16)/t7?,8-,9?/m0/s1. The second-order valence-electron chi connectivity index (χ2n) is 4.09. The van der Waals surface area contributed by atoms with Crippen LogP contribution in [0.5, 0.6) is 0 Å². The lowest BCUT2D eigenvalue weighted by Crippen LogP contribution is -2.50. The number of carbonyl (C=O) groups excluding carboxylic acids is 1. The SMILES string of the molecule is CCC(C)C(N)C(=O)N[C@@H](CCSC)C(=O)O. The number of hydrogen-bond acceptors (Lipinski definition) is 4. The van der Waals surface area contributed by atoms with Crippen LogP contribution in [0.2, 0.25) is 0 Å². The minimum Gasteiger partial charge on any atom is -0.480 e. The maximum absolute atomic E-state index is 11.7. The molecule has 100 valence electrons. The Kier molecular flexibility index (Phi) is 7.99. The van der Waals surface area contributed by atoms with Gasteiger partial charge in [0.1, 0.15) is 6.04 Å². The third-order valence-electron chi connectivity index (χ3n) is 2.78. The van der Waals surface area contributed by atoms with E-state index in [0.717, 1.165) is 6.42 Å². The Balaban J connectivity index is 4.34. The summed E-state index contributed by atoms with van der Waals surface area (Å²) < 4.78 is 0. The highest BCUT2D eigenvalue weighted by Gasteiger charge is 2.25. The van der Waals surface area contributed by atoms with Gasteiger partial charge in [-0.2, -0.15) is 11.8 Å². The number of carboxylic acids is 1. The lowest BCUT2D eigenvalue weighted by molar-refractivity contribution is -0.142. The smallest absolute Gasteiger partial charge is 0.326 e. The molecule has 5 nitrogen and oxygen atoms in total. The van der Waals surface area contributed by atoms with Crippen molar-refractivity contribution >= 4 is 23.6 Å². The molecule has 0 fully saturated rings. The summed E-state index contributed by atoms with van der Waals surface area (Å²) in [6.45, 7) is 3.82. The Morgan fingerprint density at radius 2 is 2.06 bits per heavy atom. The molecule has 3 atom stereocenters. The predicted molar refractivity (Wildman–Crippen MR) is 70.0 cm³/mol. The van der Waals surface area contributed by atoms with Crippen LogP contribution < -0.4 is 11.1 Å². The normalized spacial score (nSPS) is 16.0. The molecule has 2 unspecified atom stereocenters. The fourth-order valence-corrected chi connectivity index (χ4v) is 1.74. The molecular formula is C11H22N2O3S. The van der Waals surface area contributed by atoms with Crippen LogP contribution in [0.25, 0.3) is 0 Å². The average Bonchev–Trinajstić information content (AvgIpc) is 2.31. The van der Waals surface area contributed by atoms with Crippen LogP contribution in [0.3, 0.4) is 0 Å². The first-order valence-electron chi connectivity index (χ1n) is 5.71.